The van der Waals surface area contributed by atoms with Crippen molar-refractivity contribution < 1.29 is 19.4 Å². The number of carbonyl (C=O) groups is 2. The monoisotopic (exact) mass is 189 g/mol. The van der Waals surface area contributed by atoms with Gasteiger partial charge in [0.1, 0.15) is 6.04 Å². The first-order chi connectivity index (χ1) is 6.22. The van der Waals surface area contributed by atoms with Crippen molar-refractivity contribution in [1.82, 2.24) is 5.32 Å². The van der Waals surface area contributed by atoms with E-state index in [1.54, 1.807) is 6.92 Å². The van der Waals surface area contributed by atoms with Crippen molar-refractivity contribution in [2.75, 3.05) is 13.2 Å². The van der Waals surface area contributed by atoms with E-state index >= 15 is 0 Å². The number of ether oxygens (including phenoxy) is 1. The molecule has 1 atom stereocenters. The fourth-order valence-electron chi connectivity index (χ4n) is 0.963. The van der Waals surface area contributed by atoms with Crippen LogP contribution in [0.2, 0.25) is 0 Å². The van der Waals surface area contributed by atoms with Gasteiger partial charge in [0.15, 0.2) is 0 Å². The number of nitrogens with one attached hydrogen (secondary N) is 1. The Hall–Kier alpha value is -1.10. The van der Waals surface area contributed by atoms with Crippen molar-refractivity contribution in [3.05, 3.63) is 0 Å². The van der Waals surface area contributed by atoms with Crippen LogP contribution in [0, 0.1) is 0 Å². The van der Waals surface area contributed by atoms with Gasteiger partial charge in [0, 0.05) is 0 Å². The molecule has 0 saturated carbocycles. The summed E-state index contributed by atoms with van der Waals surface area (Å²) in [5.41, 5.74) is 0. The van der Waals surface area contributed by atoms with Crippen LogP contribution in [0.1, 0.15) is 19.8 Å². The Morgan fingerprint density at radius 1 is 1.77 bits per heavy atom. The Morgan fingerprint density at radius 2 is 2.46 bits per heavy atom. The van der Waals surface area contributed by atoms with Crippen molar-refractivity contribution in [3.8, 4) is 0 Å². The molecular weight excluding hydrogens is 174 g/mol. The summed E-state index contributed by atoms with van der Waals surface area (Å²) in [5, 5.41) is 11.2. The molecule has 1 aliphatic rings. The molecule has 0 radical (unpaired) electrons. The third-order valence-corrected chi connectivity index (χ3v) is 1.59. The molecule has 1 saturated heterocycles. The van der Waals surface area contributed by atoms with Crippen LogP contribution in [0.5, 0.6) is 0 Å². The zero-order valence-electron chi connectivity index (χ0n) is 7.66. The molecule has 5 heteroatoms. The highest BCUT2D eigenvalue weighted by Crippen LogP contribution is 2.03. The molecule has 13 heavy (non-hydrogen) atoms. The van der Waals surface area contributed by atoms with Gasteiger partial charge in [-0.2, -0.15) is 0 Å². The normalized spacial score (nSPS) is 19.9. The minimum Gasteiger partial charge on any atom is -0.480 e. The fourth-order valence-corrected chi connectivity index (χ4v) is 0.963. The van der Waals surface area contributed by atoms with E-state index in [2.05, 4.69) is 10.1 Å². The van der Waals surface area contributed by atoms with Crippen LogP contribution in [-0.2, 0) is 14.3 Å². The van der Waals surface area contributed by atoms with Crippen molar-refractivity contribution >= 4 is 12.4 Å². The number of carbonyl (C=O) groups excluding carboxylic acids is 1. The highest BCUT2D eigenvalue weighted by Gasteiger charge is 2.20. The van der Waals surface area contributed by atoms with Crippen LogP contribution < -0.4 is 5.32 Å². The second-order valence-electron chi connectivity index (χ2n) is 2.54. The lowest BCUT2D eigenvalue weighted by molar-refractivity contribution is -0.139. The maximum absolute atomic E-state index is 10.1. The van der Waals surface area contributed by atoms with Crippen LogP contribution in [0.3, 0.4) is 0 Å². The van der Waals surface area contributed by atoms with Gasteiger partial charge in [-0.25, -0.2) is 0 Å². The third kappa shape index (κ3) is 6.10. The molecule has 76 valence electrons. The molecule has 0 aromatic carbocycles. The quantitative estimate of drug-likeness (QED) is 0.611. The average Bonchev–Trinajstić information content (AvgIpc) is 2.58. The first-order valence-corrected chi connectivity index (χ1v) is 4.23. The lowest BCUT2D eigenvalue weighted by Crippen LogP contribution is -2.29. The van der Waals surface area contributed by atoms with Crippen molar-refractivity contribution in [1.29, 1.82) is 0 Å². The highest BCUT2D eigenvalue weighted by molar-refractivity contribution is 5.73. The fraction of sp³-hybridized carbons (Fsp3) is 0.750. The van der Waals surface area contributed by atoms with Gasteiger partial charge in [0.2, 0.25) is 0 Å². The van der Waals surface area contributed by atoms with Crippen molar-refractivity contribution in [2.24, 2.45) is 0 Å². The summed E-state index contributed by atoms with van der Waals surface area (Å²) in [7, 11) is 0. The van der Waals surface area contributed by atoms with Gasteiger partial charge in [-0.05, 0) is 26.3 Å². The van der Waals surface area contributed by atoms with Gasteiger partial charge in [-0.15, -0.1) is 0 Å². The third-order valence-electron chi connectivity index (χ3n) is 1.59. The highest BCUT2D eigenvalue weighted by atomic mass is 16.5. The molecule has 0 spiro atoms. The van der Waals surface area contributed by atoms with E-state index in [0.29, 0.717) is 13.1 Å². The summed E-state index contributed by atoms with van der Waals surface area (Å²) in [6, 6.07) is -0.269. The number of carboxylic acids is 1. The standard InChI is InChI=1S/C5H9NO2.C3H6O2/c7-5(8)4-2-1-3-6-4;1-2-5-3-4/h4,6H,1-3H2,(H,7,8);3H,2H2,1H3/t4-;/m0./s1. The zero-order chi connectivity index (χ0) is 10.1. The van der Waals surface area contributed by atoms with Crippen LogP contribution >= 0.6 is 0 Å². The molecule has 0 unspecified atom stereocenters. The first-order valence-electron chi connectivity index (χ1n) is 4.23. The molecule has 5 nitrogen and oxygen atoms in total. The maximum Gasteiger partial charge on any atom is 0.320 e. The Morgan fingerprint density at radius 3 is 2.62 bits per heavy atom. The van der Waals surface area contributed by atoms with Crippen LogP contribution in [0.4, 0.5) is 0 Å². The van der Waals surface area contributed by atoms with Crippen LogP contribution in [0.15, 0.2) is 0 Å². The molecule has 0 aromatic heterocycles. The second kappa shape index (κ2) is 7.54. The number of hydrogen-bond acceptors (Lipinski definition) is 4. The van der Waals surface area contributed by atoms with E-state index in [4.69, 9.17) is 5.11 Å². The molecule has 0 aliphatic carbocycles. The molecule has 1 aliphatic heterocycles. The van der Waals surface area contributed by atoms with Gasteiger partial charge < -0.3 is 15.2 Å². The minimum atomic E-state index is -0.720. The smallest absolute Gasteiger partial charge is 0.320 e. The predicted octanol–water partition coefficient (Wildman–Crippen LogP) is 0.00230. The van der Waals surface area contributed by atoms with E-state index in [9.17, 15) is 9.59 Å². The summed E-state index contributed by atoms with van der Waals surface area (Å²) in [6.07, 6.45) is 1.78. The van der Waals surface area contributed by atoms with Crippen molar-refractivity contribution in [3.63, 3.8) is 0 Å². The van der Waals surface area contributed by atoms with E-state index in [0.717, 1.165) is 19.4 Å². The summed E-state index contributed by atoms with van der Waals surface area (Å²) in [6.45, 7) is 3.52. The Labute approximate surface area is 77.1 Å². The Kier molecular flexibility index (Phi) is 6.91. The zero-order valence-corrected chi connectivity index (χ0v) is 7.66. The molecular formula is C8H15NO4. The largest absolute Gasteiger partial charge is 0.480 e. The van der Waals surface area contributed by atoms with E-state index in [-0.39, 0.29) is 6.04 Å². The number of carboxylic acid groups (broad SMARTS) is 1. The predicted molar refractivity (Wildman–Crippen MR) is 46.4 cm³/mol. The topological polar surface area (TPSA) is 75.6 Å². The first kappa shape index (κ1) is 11.9. The molecule has 1 heterocycles. The van der Waals surface area contributed by atoms with E-state index in [1.165, 1.54) is 0 Å². The summed E-state index contributed by atoms with van der Waals surface area (Å²) >= 11 is 0. The van der Waals surface area contributed by atoms with Gasteiger partial charge in [-0.3, -0.25) is 9.59 Å². The molecule has 1 rings (SSSR count). The Balaban J connectivity index is 0.000000252. The van der Waals surface area contributed by atoms with E-state index < -0.39 is 5.97 Å². The lowest BCUT2D eigenvalue weighted by Gasteiger charge is -1.99. The molecule has 0 amide bonds. The van der Waals surface area contributed by atoms with Gasteiger partial charge >= 0.3 is 5.97 Å². The molecule has 1 fully saturated rings. The summed E-state index contributed by atoms with van der Waals surface area (Å²) < 4.78 is 4.15. The van der Waals surface area contributed by atoms with Gasteiger partial charge in [-0.1, -0.05) is 0 Å². The number of aliphatic carboxylic acids is 1. The Bertz CT molecular complexity index is 154. The van der Waals surface area contributed by atoms with E-state index in [1.807, 2.05) is 0 Å². The molecule has 2 N–H and O–H groups in total. The summed E-state index contributed by atoms with van der Waals surface area (Å²) in [5.74, 6) is -0.720. The lowest BCUT2D eigenvalue weighted by atomic mass is 10.2. The van der Waals surface area contributed by atoms with Crippen LogP contribution in [-0.4, -0.2) is 36.7 Å². The van der Waals surface area contributed by atoms with Crippen molar-refractivity contribution in [2.45, 2.75) is 25.8 Å². The summed E-state index contributed by atoms with van der Waals surface area (Å²) in [4.78, 5) is 19.3. The second-order valence-corrected chi connectivity index (χ2v) is 2.54. The van der Waals surface area contributed by atoms with Gasteiger partial charge in [0.05, 0.1) is 6.61 Å². The molecule has 0 aromatic rings. The number of hydrogen-bond donors (Lipinski definition) is 2. The molecule has 0 bridgehead atoms. The SMILES string of the molecule is CCOC=O.O=C(O)[C@@H]1CCCN1. The van der Waals surface area contributed by atoms with Crippen LogP contribution in [0.25, 0.3) is 0 Å². The van der Waals surface area contributed by atoms with Gasteiger partial charge in [0.25, 0.3) is 6.47 Å². The minimum absolute atomic E-state index is 0.269. The maximum atomic E-state index is 10.1. The number of rotatable bonds is 3. The average molecular weight is 189 g/mol.